The number of hydrogen-bond acceptors (Lipinski definition) is 5. The molecule has 2 aromatic heterocycles. The standard InChI is InChI=1S/C23H23F3N6O2/c1-22(13-31-14-30-18-5-4-15(9-27)7-19(18)31)6-2-3-16(8-22)12-32(21(33)34)20-28-10-17(11-29-20)23(24,25)26/h4-5,7,10-11,14,16H,2-3,6,8,12-13H2,1H3,(H,33,34). The number of fused-ring (bicyclic) bond motifs is 1. The Labute approximate surface area is 193 Å². The largest absolute Gasteiger partial charge is 0.465 e. The molecule has 178 valence electrons. The zero-order valence-corrected chi connectivity index (χ0v) is 18.5. The third kappa shape index (κ3) is 4.95. The van der Waals surface area contributed by atoms with Gasteiger partial charge in [-0.2, -0.15) is 18.4 Å². The zero-order chi connectivity index (χ0) is 24.5. The highest BCUT2D eigenvalue weighted by Gasteiger charge is 2.36. The second-order valence-corrected chi connectivity index (χ2v) is 9.12. The number of nitrogens with zero attached hydrogens (tertiary/aromatic N) is 6. The molecule has 4 rings (SSSR count). The fraction of sp³-hybridized carbons (Fsp3) is 0.435. The number of nitriles is 1. The van der Waals surface area contributed by atoms with Crippen LogP contribution < -0.4 is 4.90 Å². The van der Waals surface area contributed by atoms with Gasteiger partial charge in [0.15, 0.2) is 0 Å². The molecule has 34 heavy (non-hydrogen) atoms. The Kier molecular flexibility index (Phi) is 6.17. The van der Waals surface area contributed by atoms with E-state index in [4.69, 9.17) is 0 Å². The number of benzene rings is 1. The van der Waals surface area contributed by atoms with Gasteiger partial charge in [0.05, 0.1) is 34.6 Å². The topological polar surface area (TPSA) is 108 Å². The molecule has 3 aromatic rings. The van der Waals surface area contributed by atoms with Crippen molar-refractivity contribution in [1.82, 2.24) is 19.5 Å². The first-order valence-corrected chi connectivity index (χ1v) is 10.8. The van der Waals surface area contributed by atoms with Crippen LogP contribution in [0.25, 0.3) is 11.0 Å². The molecular weight excluding hydrogens is 449 g/mol. The van der Waals surface area contributed by atoms with Gasteiger partial charge in [-0.05, 0) is 48.8 Å². The third-order valence-electron chi connectivity index (χ3n) is 6.36. The number of carboxylic acid groups (broad SMARTS) is 1. The van der Waals surface area contributed by atoms with Crippen molar-refractivity contribution < 1.29 is 23.1 Å². The van der Waals surface area contributed by atoms with Gasteiger partial charge in [-0.3, -0.25) is 0 Å². The average Bonchev–Trinajstić information content (AvgIpc) is 3.18. The number of alkyl halides is 3. The van der Waals surface area contributed by atoms with Crippen LogP contribution in [0.2, 0.25) is 0 Å². The highest BCUT2D eigenvalue weighted by molar-refractivity contribution is 5.83. The number of carbonyl (C=O) groups is 1. The van der Waals surface area contributed by atoms with Crippen LogP contribution in [0.3, 0.4) is 0 Å². The van der Waals surface area contributed by atoms with Crippen LogP contribution >= 0.6 is 0 Å². The smallest absolute Gasteiger partial charge is 0.419 e. The van der Waals surface area contributed by atoms with Crippen LogP contribution in [0.4, 0.5) is 23.9 Å². The first-order chi connectivity index (χ1) is 16.1. The predicted octanol–water partition coefficient (Wildman–Crippen LogP) is 5.10. The summed E-state index contributed by atoms with van der Waals surface area (Å²) in [5, 5.41) is 18.9. The van der Waals surface area contributed by atoms with Crippen molar-refractivity contribution >= 4 is 23.1 Å². The van der Waals surface area contributed by atoms with Crippen LogP contribution in [0.15, 0.2) is 36.9 Å². The van der Waals surface area contributed by atoms with E-state index in [1.165, 1.54) is 0 Å². The number of anilines is 1. The molecule has 0 bridgehead atoms. The van der Waals surface area contributed by atoms with E-state index in [2.05, 4.69) is 27.9 Å². The van der Waals surface area contributed by atoms with Crippen molar-refractivity contribution in [2.75, 3.05) is 11.4 Å². The van der Waals surface area contributed by atoms with E-state index in [0.717, 1.165) is 41.6 Å². The van der Waals surface area contributed by atoms with Crippen molar-refractivity contribution in [1.29, 1.82) is 5.26 Å². The van der Waals surface area contributed by atoms with Crippen molar-refractivity contribution in [2.24, 2.45) is 11.3 Å². The van der Waals surface area contributed by atoms with Crippen LogP contribution in [0, 0.1) is 22.7 Å². The molecule has 0 aliphatic heterocycles. The van der Waals surface area contributed by atoms with Gasteiger partial charge in [0.25, 0.3) is 0 Å². The molecule has 1 saturated carbocycles. The van der Waals surface area contributed by atoms with Crippen LogP contribution in [0.5, 0.6) is 0 Å². The van der Waals surface area contributed by atoms with Gasteiger partial charge in [0.1, 0.15) is 0 Å². The summed E-state index contributed by atoms with van der Waals surface area (Å²) < 4.78 is 40.4. The Bertz CT molecular complexity index is 1230. The molecule has 8 nitrogen and oxygen atoms in total. The summed E-state index contributed by atoms with van der Waals surface area (Å²) in [7, 11) is 0. The molecule has 1 N–H and O–H groups in total. The SMILES string of the molecule is CC1(Cn2cnc3ccc(C#N)cc32)CCCC(CN(C(=O)O)c2ncc(C(F)(F)F)cn2)C1. The monoisotopic (exact) mass is 472 g/mol. The van der Waals surface area contributed by atoms with Crippen molar-refractivity contribution in [3.63, 3.8) is 0 Å². The number of halogens is 3. The summed E-state index contributed by atoms with van der Waals surface area (Å²) in [4.78, 5) is 24.5. The van der Waals surface area contributed by atoms with Gasteiger partial charge in [-0.15, -0.1) is 0 Å². The van der Waals surface area contributed by atoms with Crippen molar-refractivity contribution in [2.45, 2.75) is 45.3 Å². The molecule has 2 unspecified atom stereocenters. The molecular formula is C23H23F3N6O2. The molecule has 1 aromatic carbocycles. The molecule has 2 atom stereocenters. The second kappa shape index (κ2) is 8.93. The van der Waals surface area contributed by atoms with Gasteiger partial charge in [0, 0.05) is 25.5 Å². The summed E-state index contributed by atoms with van der Waals surface area (Å²) in [5.74, 6) is -0.275. The second-order valence-electron chi connectivity index (χ2n) is 9.12. The first-order valence-electron chi connectivity index (χ1n) is 10.8. The molecule has 0 saturated heterocycles. The molecule has 0 radical (unpaired) electrons. The van der Waals surface area contributed by atoms with Crippen LogP contribution in [-0.4, -0.2) is 37.3 Å². The Morgan fingerprint density at radius 1 is 1.32 bits per heavy atom. The maximum absolute atomic E-state index is 12.8. The number of amides is 1. The Morgan fingerprint density at radius 2 is 2.06 bits per heavy atom. The molecule has 1 fully saturated rings. The quantitative estimate of drug-likeness (QED) is 0.554. The number of hydrogen-bond donors (Lipinski definition) is 1. The lowest BCUT2D eigenvalue weighted by molar-refractivity contribution is -0.138. The van der Waals surface area contributed by atoms with E-state index in [9.17, 15) is 28.3 Å². The first kappa shape index (κ1) is 23.5. The fourth-order valence-electron chi connectivity index (χ4n) is 4.79. The van der Waals surface area contributed by atoms with E-state index in [-0.39, 0.29) is 23.8 Å². The molecule has 0 spiro atoms. The van der Waals surface area contributed by atoms with Gasteiger partial charge in [-0.25, -0.2) is 24.6 Å². The van der Waals surface area contributed by atoms with Gasteiger partial charge < -0.3 is 9.67 Å². The molecule has 2 heterocycles. The fourth-order valence-corrected chi connectivity index (χ4v) is 4.79. The number of imidazole rings is 1. The number of aromatic nitrogens is 4. The van der Waals surface area contributed by atoms with Crippen LogP contribution in [0.1, 0.15) is 43.7 Å². The van der Waals surface area contributed by atoms with Gasteiger partial charge >= 0.3 is 12.3 Å². The van der Waals surface area contributed by atoms with Gasteiger partial charge in [0.2, 0.25) is 5.95 Å². The number of rotatable bonds is 5. The maximum atomic E-state index is 12.8. The molecule has 1 aliphatic rings. The summed E-state index contributed by atoms with van der Waals surface area (Å²) in [5.41, 5.74) is 1.04. The van der Waals surface area contributed by atoms with E-state index in [1.54, 1.807) is 18.5 Å². The summed E-state index contributed by atoms with van der Waals surface area (Å²) in [6, 6.07) is 7.48. The van der Waals surface area contributed by atoms with Crippen LogP contribution in [-0.2, 0) is 12.7 Å². The van der Waals surface area contributed by atoms with E-state index < -0.39 is 17.8 Å². The highest BCUT2D eigenvalue weighted by Crippen LogP contribution is 2.41. The predicted molar refractivity (Wildman–Crippen MR) is 117 cm³/mol. The summed E-state index contributed by atoms with van der Waals surface area (Å²) in [6.45, 7) is 2.89. The van der Waals surface area contributed by atoms with E-state index in [1.807, 2.05) is 10.6 Å². The third-order valence-corrected chi connectivity index (χ3v) is 6.36. The lowest BCUT2D eigenvalue weighted by Gasteiger charge is -2.39. The summed E-state index contributed by atoms with van der Waals surface area (Å²) >= 11 is 0. The summed E-state index contributed by atoms with van der Waals surface area (Å²) in [6.07, 6.45) is 0.383. The minimum atomic E-state index is -4.59. The minimum Gasteiger partial charge on any atom is -0.465 e. The lowest BCUT2D eigenvalue weighted by Crippen LogP contribution is -2.40. The molecule has 1 amide bonds. The average molecular weight is 472 g/mol. The lowest BCUT2D eigenvalue weighted by atomic mass is 9.70. The van der Waals surface area contributed by atoms with Crippen molar-refractivity contribution in [3.8, 4) is 6.07 Å². The van der Waals surface area contributed by atoms with Crippen molar-refractivity contribution in [3.05, 3.63) is 48.0 Å². The zero-order valence-electron chi connectivity index (χ0n) is 18.5. The molecule has 11 heteroatoms. The Morgan fingerprint density at radius 3 is 2.71 bits per heavy atom. The Balaban J connectivity index is 1.50. The van der Waals surface area contributed by atoms with E-state index in [0.29, 0.717) is 24.5 Å². The molecule has 1 aliphatic carbocycles. The normalized spacial score (nSPS) is 20.7. The maximum Gasteiger partial charge on any atom is 0.419 e. The van der Waals surface area contributed by atoms with Gasteiger partial charge in [-0.1, -0.05) is 13.3 Å². The Hall–Kier alpha value is -3.68. The van der Waals surface area contributed by atoms with E-state index >= 15 is 0 Å². The highest BCUT2D eigenvalue weighted by atomic mass is 19.4. The minimum absolute atomic E-state index is 0.00908.